The molecule has 32 heavy (non-hydrogen) atoms. The lowest BCUT2D eigenvalue weighted by Crippen LogP contribution is -2.51. The standard InChI is InChI=1S/C27H33N3O2/c1-17(2)30-24-12-11-21(13-22(24)19(4)15-27(30,5)6)14-23-25(31)29(26(32)28-23)16-20-9-7-18(3)8-10-20/h7-14,17,19H,15-16H2,1-6H3,(H,28,32)/b23-14-. The van der Waals surface area contributed by atoms with Crippen molar-refractivity contribution in [1.82, 2.24) is 10.2 Å². The lowest BCUT2D eigenvalue weighted by molar-refractivity contribution is -0.123. The molecule has 2 aromatic carbocycles. The van der Waals surface area contributed by atoms with E-state index in [0.29, 0.717) is 17.7 Å². The molecule has 4 rings (SSSR count). The van der Waals surface area contributed by atoms with E-state index in [2.05, 4.69) is 57.0 Å². The van der Waals surface area contributed by atoms with E-state index in [1.807, 2.05) is 37.3 Å². The van der Waals surface area contributed by atoms with Crippen molar-refractivity contribution in [3.05, 3.63) is 70.4 Å². The number of carbonyl (C=O) groups is 2. The van der Waals surface area contributed by atoms with E-state index in [1.54, 1.807) is 6.08 Å². The molecule has 0 saturated carbocycles. The fourth-order valence-corrected chi connectivity index (χ4v) is 5.30. The topological polar surface area (TPSA) is 52.7 Å². The Labute approximate surface area is 191 Å². The maximum Gasteiger partial charge on any atom is 0.329 e. The maximum absolute atomic E-state index is 12.9. The third-order valence-electron chi connectivity index (χ3n) is 6.55. The summed E-state index contributed by atoms with van der Waals surface area (Å²) in [7, 11) is 0. The van der Waals surface area contributed by atoms with Gasteiger partial charge in [0, 0.05) is 17.3 Å². The first-order valence-corrected chi connectivity index (χ1v) is 11.4. The van der Waals surface area contributed by atoms with Crippen LogP contribution in [0.2, 0.25) is 0 Å². The minimum Gasteiger partial charge on any atom is -0.364 e. The highest BCUT2D eigenvalue weighted by Crippen LogP contribution is 2.44. The Balaban J connectivity index is 1.61. The molecular formula is C27H33N3O2. The predicted octanol–water partition coefficient (Wildman–Crippen LogP) is 5.59. The Kier molecular flexibility index (Phi) is 5.61. The number of imide groups is 1. The van der Waals surface area contributed by atoms with E-state index in [-0.39, 0.29) is 24.0 Å². The van der Waals surface area contributed by atoms with Crippen LogP contribution in [0.15, 0.2) is 48.2 Å². The van der Waals surface area contributed by atoms with Crippen molar-refractivity contribution in [1.29, 1.82) is 0 Å². The van der Waals surface area contributed by atoms with Crippen LogP contribution in [0.1, 0.15) is 69.2 Å². The summed E-state index contributed by atoms with van der Waals surface area (Å²) in [6, 6.07) is 14.3. The molecule has 0 spiro atoms. The zero-order valence-electron chi connectivity index (χ0n) is 19.9. The molecule has 2 aliphatic heterocycles. The number of rotatable bonds is 4. The van der Waals surface area contributed by atoms with Crippen molar-refractivity contribution in [3.8, 4) is 0 Å². The van der Waals surface area contributed by atoms with Gasteiger partial charge in [-0.15, -0.1) is 0 Å². The minimum atomic E-state index is -0.374. The van der Waals surface area contributed by atoms with Gasteiger partial charge in [0.25, 0.3) is 5.91 Å². The van der Waals surface area contributed by atoms with Crippen molar-refractivity contribution >= 4 is 23.7 Å². The third-order valence-corrected chi connectivity index (χ3v) is 6.55. The average molecular weight is 432 g/mol. The average Bonchev–Trinajstić information content (AvgIpc) is 2.96. The van der Waals surface area contributed by atoms with Crippen LogP contribution in [0.4, 0.5) is 10.5 Å². The highest BCUT2D eigenvalue weighted by Gasteiger charge is 2.38. The number of nitrogens with zero attached hydrogens (tertiary/aromatic N) is 2. The summed E-state index contributed by atoms with van der Waals surface area (Å²) in [6.45, 7) is 13.6. The second kappa shape index (κ2) is 8.12. The molecule has 0 radical (unpaired) electrons. The molecule has 5 heteroatoms. The van der Waals surface area contributed by atoms with E-state index >= 15 is 0 Å². The van der Waals surface area contributed by atoms with Gasteiger partial charge in [-0.05, 0) is 81.9 Å². The first-order valence-electron chi connectivity index (χ1n) is 11.4. The molecule has 1 unspecified atom stereocenters. The Morgan fingerprint density at radius 1 is 1.12 bits per heavy atom. The van der Waals surface area contributed by atoms with Crippen molar-refractivity contribution in [2.24, 2.45) is 0 Å². The summed E-state index contributed by atoms with van der Waals surface area (Å²) in [5.74, 6) is 0.131. The third kappa shape index (κ3) is 4.04. The monoisotopic (exact) mass is 431 g/mol. The van der Waals surface area contributed by atoms with Crippen LogP contribution in [0.5, 0.6) is 0 Å². The van der Waals surface area contributed by atoms with E-state index in [4.69, 9.17) is 0 Å². The summed E-state index contributed by atoms with van der Waals surface area (Å²) in [4.78, 5) is 29.2. The number of hydrogen-bond donors (Lipinski definition) is 1. The molecular weight excluding hydrogens is 398 g/mol. The predicted molar refractivity (Wildman–Crippen MR) is 129 cm³/mol. The molecule has 1 saturated heterocycles. The maximum atomic E-state index is 12.9. The molecule has 2 aliphatic rings. The Morgan fingerprint density at radius 2 is 1.81 bits per heavy atom. The number of aryl methyl sites for hydroxylation is 1. The summed E-state index contributed by atoms with van der Waals surface area (Å²) < 4.78 is 0. The molecule has 0 aromatic heterocycles. The summed E-state index contributed by atoms with van der Waals surface area (Å²) >= 11 is 0. The molecule has 2 aromatic rings. The van der Waals surface area contributed by atoms with Crippen LogP contribution in [0.3, 0.4) is 0 Å². The van der Waals surface area contributed by atoms with Crippen molar-refractivity contribution in [2.75, 3.05) is 4.90 Å². The van der Waals surface area contributed by atoms with Crippen LogP contribution in [0.25, 0.3) is 6.08 Å². The summed E-state index contributed by atoms with van der Waals surface area (Å²) in [5, 5.41) is 2.75. The molecule has 1 fully saturated rings. The van der Waals surface area contributed by atoms with Gasteiger partial charge in [-0.1, -0.05) is 42.8 Å². The normalized spacial score (nSPS) is 21.3. The fourth-order valence-electron chi connectivity index (χ4n) is 5.30. The minimum absolute atomic E-state index is 0.0897. The van der Waals surface area contributed by atoms with Crippen LogP contribution in [-0.4, -0.2) is 28.4 Å². The second-order valence-corrected chi connectivity index (χ2v) is 10.1. The molecule has 0 bridgehead atoms. The van der Waals surface area contributed by atoms with Gasteiger partial charge in [0.15, 0.2) is 0 Å². The van der Waals surface area contributed by atoms with Gasteiger partial charge in [-0.25, -0.2) is 4.79 Å². The Bertz CT molecular complexity index is 1080. The summed E-state index contributed by atoms with van der Waals surface area (Å²) in [5.41, 5.74) is 5.97. The van der Waals surface area contributed by atoms with E-state index in [9.17, 15) is 9.59 Å². The van der Waals surface area contributed by atoms with Gasteiger partial charge in [0.2, 0.25) is 0 Å². The zero-order valence-corrected chi connectivity index (χ0v) is 19.9. The van der Waals surface area contributed by atoms with Crippen molar-refractivity contribution in [2.45, 2.75) is 72.0 Å². The van der Waals surface area contributed by atoms with Gasteiger partial charge < -0.3 is 10.2 Å². The van der Waals surface area contributed by atoms with E-state index < -0.39 is 0 Å². The number of carbonyl (C=O) groups excluding carboxylic acids is 2. The number of hydrogen-bond acceptors (Lipinski definition) is 3. The number of urea groups is 1. The molecule has 5 nitrogen and oxygen atoms in total. The van der Waals surface area contributed by atoms with Gasteiger partial charge in [0.05, 0.1) is 6.54 Å². The Morgan fingerprint density at radius 3 is 2.47 bits per heavy atom. The largest absolute Gasteiger partial charge is 0.364 e. The molecule has 168 valence electrons. The lowest BCUT2D eigenvalue weighted by Gasteiger charge is -2.50. The lowest BCUT2D eigenvalue weighted by atomic mass is 9.79. The first-order chi connectivity index (χ1) is 15.1. The summed E-state index contributed by atoms with van der Waals surface area (Å²) in [6.07, 6.45) is 2.86. The van der Waals surface area contributed by atoms with Crippen LogP contribution >= 0.6 is 0 Å². The molecule has 2 heterocycles. The first kappa shape index (κ1) is 22.1. The molecule has 3 amide bonds. The van der Waals surface area contributed by atoms with Crippen molar-refractivity contribution in [3.63, 3.8) is 0 Å². The van der Waals surface area contributed by atoms with Crippen LogP contribution in [-0.2, 0) is 11.3 Å². The SMILES string of the molecule is Cc1ccc(CN2C(=O)N/C(=C\c3ccc4c(c3)C(C)CC(C)(C)N4C(C)C)C2=O)cc1. The van der Waals surface area contributed by atoms with Crippen LogP contribution in [0, 0.1) is 6.92 Å². The van der Waals surface area contributed by atoms with Crippen molar-refractivity contribution < 1.29 is 9.59 Å². The number of benzene rings is 2. The molecule has 0 aliphatic carbocycles. The van der Waals surface area contributed by atoms with Gasteiger partial charge in [-0.2, -0.15) is 0 Å². The highest BCUT2D eigenvalue weighted by atomic mass is 16.2. The molecule has 1 N–H and O–H groups in total. The number of nitrogens with one attached hydrogen (secondary N) is 1. The smallest absolute Gasteiger partial charge is 0.329 e. The van der Waals surface area contributed by atoms with Gasteiger partial charge in [0.1, 0.15) is 5.70 Å². The van der Waals surface area contributed by atoms with Crippen LogP contribution < -0.4 is 10.2 Å². The van der Waals surface area contributed by atoms with Gasteiger partial charge in [-0.3, -0.25) is 9.69 Å². The Hall–Kier alpha value is -3.08. The molecule has 1 atom stereocenters. The zero-order chi connectivity index (χ0) is 23.2. The fraction of sp³-hybridized carbons (Fsp3) is 0.407. The van der Waals surface area contributed by atoms with Gasteiger partial charge >= 0.3 is 6.03 Å². The van der Waals surface area contributed by atoms with E-state index in [0.717, 1.165) is 23.1 Å². The second-order valence-electron chi connectivity index (χ2n) is 10.1. The van der Waals surface area contributed by atoms with E-state index in [1.165, 1.54) is 16.2 Å². The quantitative estimate of drug-likeness (QED) is 0.507. The number of amides is 3. The number of anilines is 1. The number of fused-ring (bicyclic) bond motifs is 1. The highest BCUT2D eigenvalue weighted by molar-refractivity contribution is 6.13.